The van der Waals surface area contributed by atoms with Gasteiger partial charge in [-0.2, -0.15) is 0 Å². The van der Waals surface area contributed by atoms with Crippen molar-refractivity contribution in [1.82, 2.24) is 4.90 Å². The lowest BCUT2D eigenvalue weighted by atomic mass is 10.1. The van der Waals surface area contributed by atoms with Gasteiger partial charge in [0.15, 0.2) is 0 Å². The van der Waals surface area contributed by atoms with Crippen LogP contribution in [0.25, 0.3) is 0 Å². The highest BCUT2D eigenvalue weighted by Crippen LogP contribution is 2.32. The molecule has 184 valence electrons. The Morgan fingerprint density at radius 3 is 2.48 bits per heavy atom. The monoisotopic (exact) mass is 521 g/mol. The molecule has 1 saturated heterocycles. The molecule has 0 unspecified atom stereocenters. The summed E-state index contributed by atoms with van der Waals surface area (Å²) in [6.07, 6.45) is 11.3. The van der Waals surface area contributed by atoms with E-state index in [1.165, 1.54) is 24.8 Å². The zero-order valence-electron chi connectivity index (χ0n) is 20.4. The van der Waals surface area contributed by atoms with Crippen molar-refractivity contribution >= 4 is 21.9 Å². The lowest BCUT2D eigenvalue weighted by Gasteiger charge is -2.36. The van der Waals surface area contributed by atoms with Gasteiger partial charge in [0.05, 0.1) is 25.4 Å². The zero-order chi connectivity index (χ0) is 23.7. The third kappa shape index (κ3) is 9.16. The molecular formula is C27H40BrNO4. The van der Waals surface area contributed by atoms with Gasteiger partial charge in [0.1, 0.15) is 5.60 Å². The molecule has 5 nitrogen and oxygen atoms in total. The van der Waals surface area contributed by atoms with E-state index in [4.69, 9.17) is 14.2 Å². The number of nitrogens with zero attached hydrogens (tertiary/aromatic N) is 1. The Morgan fingerprint density at radius 1 is 1.06 bits per heavy atom. The fourth-order valence-corrected chi connectivity index (χ4v) is 4.94. The molecule has 1 aliphatic carbocycles. The minimum absolute atomic E-state index is 0.0778. The number of likely N-dealkylation sites (tertiary alicyclic amines) is 1. The molecule has 2 fully saturated rings. The summed E-state index contributed by atoms with van der Waals surface area (Å²) in [5, 5.41) is 0. The summed E-state index contributed by atoms with van der Waals surface area (Å²) in [6, 6.07) is 8.74. The normalized spacial score (nSPS) is 24.4. The smallest absolute Gasteiger partial charge is 0.306 e. The van der Waals surface area contributed by atoms with E-state index in [0.717, 1.165) is 30.4 Å². The van der Waals surface area contributed by atoms with Gasteiger partial charge in [-0.1, -0.05) is 46.6 Å². The molecule has 3 atom stereocenters. The van der Waals surface area contributed by atoms with Crippen molar-refractivity contribution in [2.24, 2.45) is 0 Å². The molecule has 33 heavy (non-hydrogen) atoms. The maximum atomic E-state index is 11.9. The van der Waals surface area contributed by atoms with Crippen LogP contribution in [-0.2, 0) is 25.6 Å². The fraction of sp³-hybridized carbons (Fsp3) is 0.667. The molecule has 0 bridgehead atoms. The second-order valence-electron chi connectivity index (χ2n) is 10.1. The second kappa shape index (κ2) is 13.0. The van der Waals surface area contributed by atoms with Crippen LogP contribution in [0.1, 0.15) is 71.3 Å². The van der Waals surface area contributed by atoms with Crippen molar-refractivity contribution in [3.05, 3.63) is 46.5 Å². The third-order valence-corrected chi connectivity index (χ3v) is 6.75. The first-order chi connectivity index (χ1) is 15.8. The van der Waals surface area contributed by atoms with Crippen LogP contribution in [-0.4, -0.2) is 54.4 Å². The number of carbonyl (C=O) groups is 1. The molecule has 0 aromatic heterocycles. The summed E-state index contributed by atoms with van der Waals surface area (Å²) >= 11 is 3.49. The van der Waals surface area contributed by atoms with Crippen molar-refractivity contribution in [2.45, 2.75) is 96.2 Å². The predicted molar refractivity (Wildman–Crippen MR) is 135 cm³/mol. The van der Waals surface area contributed by atoms with Gasteiger partial charge in [-0.25, -0.2) is 0 Å². The van der Waals surface area contributed by atoms with Crippen LogP contribution in [0.3, 0.4) is 0 Å². The van der Waals surface area contributed by atoms with Gasteiger partial charge < -0.3 is 14.2 Å². The van der Waals surface area contributed by atoms with E-state index in [0.29, 0.717) is 32.1 Å². The molecular weight excluding hydrogens is 482 g/mol. The molecule has 1 heterocycles. The van der Waals surface area contributed by atoms with E-state index < -0.39 is 5.60 Å². The Bertz CT molecular complexity index is 752. The molecule has 0 radical (unpaired) electrons. The van der Waals surface area contributed by atoms with Gasteiger partial charge >= 0.3 is 5.97 Å². The maximum Gasteiger partial charge on any atom is 0.306 e. The van der Waals surface area contributed by atoms with Gasteiger partial charge in [-0.05, 0) is 83.7 Å². The summed E-state index contributed by atoms with van der Waals surface area (Å²) in [7, 11) is 0. The molecule has 3 rings (SSSR count). The largest absolute Gasteiger partial charge is 0.460 e. The summed E-state index contributed by atoms with van der Waals surface area (Å²) < 4.78 is 19.2. The second-order valence-corrected chi connectivity index (χ2v) is 11.0. The van der Waals surface area contributed by atoms with Crippen LogP contribution in [0.5, 0.6) is 0 Å². The zero-order valence-corrected chi connectivity index (χ0v) is 22.0. The average Bonchev–Trinajstić information content (AvgIpc) is 3.18. The number of hydrogen-bond donors (Lipinski definition) is 0. The number of carbonyl (C=O) groups excluding carboxylic acids is 1. The van der Waals surface area contributed by atoms with Crippen LogP contribution < -0.4 is 0 Å². The third-order valence-electron chi connectivity index (χ3n) is 6.22. The fourth-order valence-electron chi connectivity index (χ4n) is 4.68. The molecule has 1 aliphatic heterocycles. The summed E-state index contributed by atoms with van der Waals surface area (Å²) in [6.45, 7) is 9.15. The lowest BCUT2D eigenvalue weighted by molar-refractivity contribution is -0.154. The van der Waals surface area contributed by atoms with E-state index in [2.05, 4.69) is 45.1 Å². The molecule has 1 aromatic carbocycles. The number of halogens is 1. The summed E-state index contributed by atoms with van der Waals surface area (Å²) in [5.41, 5.74) is 0.751. The van der Waals surface area contributed by atoms with Gasteiger partial charge in [-0.15, -0.1) is 0 Å². The highest BCUT2D eigenvalue weighted by atomic mass is 79.9. The first-order valence-corrected chi connectivity index (χ1v) is 13.2. The van der Waals surface area contributed by atoms with E-state index in [-0.39, 0.29) is 18.2 Å². The average molecular weight is 523 g/mol. The summed E-state index contributed by atoms with van der Waals surface area (Å²) in [5.74, 6) is -0.157. The van der Waals surface area contributed by atoms with Crippen LogP contribution in [0.4, 0.5) is 0 Å². The molecule has 2 aliphatic rings. The Morgan fingerprint density at radius 2 is 1.79 bits per heavy atom. The Kier molecular flexibility index (Phi) is 10.4. The van der Waals surface area contributed by atoms with Gasteiger partial charge in [0.25, 0.3) is 0 Å². The topological polar surface area (TPSA) is 48.0 Å². The molecule has 1 saturated carbocycles. The number of hydrogen-bond acceptors (Lipinski definition) is 5. The molecule has 6 heteroatoms. The predicted octanol–water partition coefficient (Wildman–Crippen LogP) is 6.05. The highest BCUT2D eigenvalue weighted by Gasteiger charge is 2.41. The number of esters is 1. The van der Waals surface area contributed by atoms with Crippen LogP contribution in [0, 0.1) is 0 Å². The minimum atomic E-state index is -0.429. The first kappa shape index (κ1) is 26.4. The molecule has 0 amide bonds. The first-order valence-electron chi connectivity index (χ1n) is 12.4. The quantitative estimate of drug-likeness (QED) is 0.277. The molecule has 0 N–H and O–H groups in total. The Labute approximate surface area is 208 Å². The SMILES string of the molecule is CC(C)(C)OC(=O)CC/C=C\CO[C@@H]1[C@@H](OCc2ccc(Br)cc2)CC[C@H]1N1CCCCC1. The number of rotatable bonds is 10. The lowest BCUT2D eigenvalue weighted by Crippen LogP contribution is -2.47. The van der Waals surface area contributed by atoms with Crippen molar-refractivity contribution < 1.29 is 19.0 Å². The summed E-state index contributed by atoms with van der Waals surface area (Å²) in [4.78, 5) is 14.5. The van der Waals surface area contributed by atoms with E-state index in [1.807, 2.05) is 32.9 Å². The number of benzene rings is 1. The van der Waals surface area contributed by atoms with E-state index in [9.17, 15) is 4.79 Å². The van der Waals surface area contributed by atoms with Crippen LogP contribution in [0.2, 0.25) is 0 Å². The van der Waals surface area contributed by atoms with E-state index in [1.54, 1.807) is 0 Å². The number of ether oxygens (including phenoxy) is 3. The van der Waals surface area contributed by atoms with Gasteiger partial charge in [0, 0.05) is 16.9 Å². The Balaban J connectivity index is 1.50. The highest BCUT2D eigenvalue weighted by molar-refractivity contribution is 9.10. The van der Waals surface area contributed by atoms with Crippen LogP contribution >= 0.6 is 15.9 Å². The number of allylic oxidation sites excluding steroid dienone is 1. The van der Waals surface area contributed by atoms with Crippen molar-refractivity contribution in [3.63, 3.8) is 0 Å². The van der Waals surface area contributed by atoms with Gasteiger partial charge in [-0.3, -0.25) is 9.69 Å². The van der Waals surface area contributed by atoms with Crippen molar-refractivity contribution in [3.8, 4) is 0 Å². The Hall–Kier alpha value is -1.21. The molecule has 0 spiro atoms. The maximum absolute atomic E-state index is 11.9. The molecule has 1 aromatic rings. The van der Waals surface area contributed by atoms with Crippen LogP contribution in [0.15, 0.2) is 40.9 Å². The van der Waals surface area contributed by atoms with Crippen molar-refractivity contribution in [1.29, 1.82) is 0 Å². The van der Waals surface area contributed by atoms with Gasteiger partial charge in [0.2, 0.25) is 0 Å². The number of piperidine rings is 1. The van der Waals surface area contributed by atoms with E-state index >= 15 is 0 Å². The van der Waals surface area contributed by atoms with Crippen molar-refractivity contribution in [2.75, 3.05) is 19.7 Å². The standard InChI is InChI=1S/C27H40BrNO4/c1-27(2,3)33-25(30)10-6-4-9-19-31-26-23(29-17-7-5-8-18-29)15-16-24(26)32-20-21-11-13-22(28)14-12-21/h4,9,11-14,23-24,26H,5-8,10,15-20H2,1-3H3/b9-4-/t23-,24+,26+/m1/s1. The minimum Gasteiger partial charge on any atom is -0.460 e.